The average molecular weight is 535 g/mol. The summed E-state index contributed by atoms with van der Waals surface area (Å²) in [4.78, 5) is 18.9. The molecule has 5 nitrogen and oxygen atoms in total. The second kappa shape index (κ2) is 9.92. The molecule has 1 heterocycles. The standard InChI is InChI=1S/C19H27BrN4O.HI/c1-21-18(24-12-9-19(14-24)7-3-8-19)23-11-4-10-22-17(25)15-5-2-6-16(20)13-15;/h2,5-6,13H,3-4,7-12,14H2,1H3,(H,21,23)(H,22,25);1H. The van der Waals surface area contributed by atoms with Gasteiger partial charge in [0.15, 0.2) is 5.96 Å². The Morgan fingerprint density at radius 1 is 1.27 bits per heavy atom. The van der Waals surface area contributed by atoms with Crippen molar-refractivity contribution in [2.24, 2.45) is 10.4 Å². The maximum absolute atomic E-state index is 12.1. The van der Waals surface area contributed by atoms with Gasteiger partial charge in [0.2, 0.25) is 0 Å². The third-order valence-electron chi connectivity index (χ3n) is 5.37. The molecule has 0 aromatic heterocycles. The number of amides is 1. The molecule has 2 N–H and O–H groups in total. The molecule has 0 bridgehead atoms. The van der Waals surface area contributed by atoms with Gasteiger partial charge in [-0.3, -0.25) is 9.79 Å². The SMILES string of the molecule is CN=C(NCCCNC(=O)c1cccc(Br)c1)N1CCC2(CCC2)C1.I. The number of carbonyl (C=O) groups is 1. The molecule has 1 saturated carbocycles. The lowest BCUT2D eigenvalue weighted by Gasteiger charge is -2.38. The van der Waals surface area contributed by atoms with E-state index < -0.39 is 0 Å². The summed E-state index contributed by atoms with van der Waals surface area (Å²) in [6, 6.07) is 7.44. The summed E-state index contributed by atoms with van der Waals surface area (Å²) < 4.78 is 0.917. The highest BCUT2D eigenvalue weighted by molar-refractivity contribution is 14.0. The summed E-state index contributed by atoms with van der Waals surface area (Å²) in [7, 11) is 1.85. The molecule has 26 heavy (non-hydrogen) atoms. The Hall–Kier alpha value is -0.830. The van der Waals surface area contributed by atoms with Crippen LogP contribution in [0.2, 0.25) is 0 Å². The van der Waals surface area contributed by atoms with Crippen LogP contribution in [0.3, 0.4) is 0 Å². The quantitative estimate of drug-likeness (QED) is 0.262. The molecule has 1 saturated heterocycles. The van der Waals surface area contributed by atoms with Crippen LogP contribution in [0.15, 0.2) is 33.7 Å². The third kappa shape index (κ3) is 5.34. The van der Waals surface area contributed by atoms with E-state index in [2.05, 4.69) is 36.5 Å². The summed E-state index contributed by atoms with van der Waals surface area (Å²) >= 11 is 3.39. The molecule has 1 aliphatic carbocycles. The third-order valence-corrected chi connectivity index (χ3v) is 5.87. The summed E-state index contributed by atoms with van der Waals surface area (Å²) in [5, 5.41) is 6.40. The van der Waals surface area contributed by atoms with Crippen LogP contribution < -0.4 is 10.6 Å². The van der Waals surface area contributed by atoms with Gasteiger partial charge >= 0.3 is 0 Å². The lowest BCUT2D eigenvalue weighted by molar-refractivity contribution is 0.0953. The molecular formula is C19H28BrIN4O. The molecule has 0 unspecified atom stereocenters. The molecule has 1 spiro atoms. The Balaban J connectivity index is 0.00000243. The van der Waals surface area contributed by atoms with E-state index in [0.29, 0.717) is 17.5 Å². The molecule has 2 fully saturated rings. The molecule has 1 aliphatic heterocycles. The summed E-state index contributed by atoms with van der Waals surface area (Å²) in [6.45, 7) is 3.72. The number of hydrogen-bond donors (Lipinski definition) is 2. The molecule has 0 radical (unpaired) electrons. The fourth-order valence-corrected chi connectivity index (χ4v) is 4.15. The molecular weight excluding hydrogens is 507 g/mol. The predicted octanol–water partition coefficient (Wildman–Crippen LogP) is 3.64. The van der Waals surface area contributed by atoms with Crippen molar-refractivity contribution >= 4 is 51.8 Å². The molecule has 7 heteroatoms. The molecule has 144 valence electrons. The minimum atomic E-state index is -0.0304. The van der Waals surface area contributed by atoms with Crippen molar-refractivity contribution < 1.29 is 4.79 Å². The first kappa shape index (κ1) is 21.5. The van der Waals surface area contributed by atoms with E-state index in [-0.39, 0.29) is 29.9 Å². The second-order valence-electron chi connectivity index (χ2n) is 7.12. The van der Waals surface area contributed by atoms with Crippen LogP contribution in [-0.4, -0.2) is 50.0 Å². The van der Waals surface area contributed by atoms with Gasteiger partial charge in [0.05, 0.1) is 0 Å². The smallest absolute Gasteiger partial charge is 0.251 e. The van der Waals surface area contributed by atoms with Gasteiger partial charge in [-0.2, -0.15) is 0 Å². The minimum Gasteiger partial charge on any atom is -0.356 e. The van der Waals surface area contributed by atoms with Crippen LogP contribution in [-0.2, 0) is 0 Å². The molecule has 3 rings (SSSR count). The van der Waals surface area contributed by atoms with E-state index in [9.17, 15) is 4.79 Å². The van der Waals surface area contributed by atoms with Crippen LogP contribution in [0.1, 0.15) is 42.5 Å². The number of aliphatic imine (C=N–C) groups is 1. The first-order valence-electron chi connectivity index (χ1n) is 9.11. The summed E-state index contributed by atoms with van der Waals surface area (Å²) in [5.74, 6) is 0.972. The fourth-order valence-electron chi connectivity index (χ4n) is 3.76. The number of rotatable bonds is 5. The highest BCUT2D eigenvalue weighted by atomic mass is 127. The van der Waals surface area contributed by atoms with E-state index in [4.69, 9.17) is 0 Å². The first-order chi connectivity index (χ1) is 12.1. The van der Waals surface area contributed by atoms with Crippen molar-refractivity contribution in [3.63, 3.8) is 0 Å². The highest BCUT2D eigenvalue weighted by Gasteiger charge is 2.43. The lowest BCUT2D eigenvalue weighted by atomic mass is 9.68. The number of nitrogens with one attached hydrogen (secondary N) is 2. The van der Waals surface area contributed by atoms with Crippen LogP contribution >= 0.6 is 39.9 Å². The van der Waals surface area contributed by atoms with Crippen LogP contribution in [0, 0.1) is 5.41 Å². The van der Waals surface area contributed by atoms with E-state index in [1.165, 1.54) is 25.7 Å². The van der Waals surface area contributed by atoms with Crippen LogP contribution in [0.4, 0.5) is 0 Å². The number of halogens is 2. The maximum atomic E-state index is 12.1. The summed E-state index contributed by atoms with van der Waals surface area (Å²) in [6.07, 6.45) is 6.32. The normalized spacial score (nSPS) is 18.2. The van der Waals surface area contributed by atoms with Crippen molar-refractivity contribution in [1.29, 1.82) is 0 Å². The zero-order valence-corrected chi connectivity index (χ0v) is 19.2. The minimum absolute atomic E-state index is 0. The average Bonchev–Trinajstić information content (AvgIpc) is 3.04. The number of carbonyl (C=O) groups excluding carboxylic acids is 1. The van der Waals surface area contributed by atoms with Crippen LogP contribution in [0.25, 0.3) is 0 Å². The van der Waals surface area contributed by atoms with E-state index in [1.807, 2.05) is 31.3 Å². The topological polar surface area (TPSA) is 56.7 Å². The molecule has 1 aromatic rings. The van der Waals surface area contributed by atoms with Gasteiger partial charge in [0.25, 0.3) is 5.91 Å². The van der Waals surface area contributed by atoms with Crippen molar-refractivity contribution in [3.8, 4) is 0 Å². The fraction of sp³-hybridized carbons (Fsp3) is 0.579. The number of benzene rings is 1. The van der Waals surface area contributed by atoms with Gasteiger partial charge in [-0.05, 0) is 49.3 Å². The zero-order chi connectivity index (χ0) is 17.7. The maximum Gasteiger partial charge on any atom is 0.251 e. The van der Waals surface area contributed by atoms with Crippen molar-refractivity contribution in [3.05, 3.63) is 34.3 Å². The van der Waals surface area contributed by atoms with Crippen molar-refractivity contribution in [2.75, 3.05) is 33.2 Å². The summed E-state index contributed by atoms with van der Waals surface area (Å²) in [5.41, 5.74) is 1.26. The van der Waals surface area contributed by atoms with Crippen molar-refractivity contribution in [2.45, 2.75) is 32.1 Å². The lowest BCUT2D eigenvalue weighted by Crippen LogP contribution is -2.43. The van der Waals surface area contributed by atoms with Crippen LogP contribution in [0.5, 0.6) is 0 Å². The van der Waals surface area contributed by atoms with Gasteiger partial charge in [-0.1, -0.05) is 28.4 Å². The Morgan fingerprint density at radius 2 is 2.04 bits per heavy atom. The molecule has 1 aromatic carbocycles. The van der Waals surface area contributed by atoms with Gasteiger partial charge in [0.1, 0.15) is 0 Å². The molecule has 2 aliphatic rings. The Kier molecular flexibility index (Phi) is 8.19. The van der Waals surface area contributed by atoms with E-state index in [1.54, 1.807) is 0 Å². The van der Waals surface area contributed by atoms with Gasteiger partial charge in [0, 0.05) is 43.3 Å². The van der Waals surface area contributed by atoms with Gasteiger partial charge in [-0.15, -0.1) is 24.0 Å². The number of nitrogens with zero attached hydrogens (tertiary/aromatic N) is 2. The monoisotopic (exact) mass is 534 g/mol. The molecule has 1 amide bonds. The first-order valence-corrected chi connectivity index (χ1v) is 9.91. The predicted molar refractivity (Wildman–Crippen MR) is 120 cm³/mol. The van der Waals surface area contributed by atoms with Gasteiger partial charge < -0.3 is 15.5 Å². The second-order valence-corrected chi connectivity index (χ2v) is 8.03. The van der Waals surface area contributed by atoms with E-state index >= 15 is 0 Å². The largest absolute Gasteiger partial charge is 0.356 e. The Morgan fingerprint density at radius 3 is 2.65 bits per heavy atom. The van der Waals surface area contributed by atoms with Gasteiger partial charge in [-0.25, -0.2) is 0 Å². The molecule has 0 atom stereocenters. The Bertz CT molecular complexity index is 648. The zero-order valence-electron chi connectivity index (χ0n) is 15.3. The van der Waals surface area contributed by atoms with Crippen molar-refractivity contribution in [1.82, 2.24) is 15.5 Å². The number of likely N-dealkylation sites (tertiary alicyclic amines) is 1. The van der Waals surface area contributed by atoms with E-state index in [0.717, 1.165) is 36.5 Å². The number of guanidine groups is 1. The number of hydrogen-bond acceptors (Lipinski definition) is 2. The highest BCUT2D eigenvalue weighted by Crippen LogP contribution is 2.47. The Labute approximate surface area is 181 Å².